The molecule has 1 aromatic heterocycles. The maximum absolute atomic E-state index is 13.4. The molecule has 5 nitrogen and oxygen atoms in total. The van der Waals surface area contributed by atoms with Crippen molar-refractivity contribution in [3.05, 3.63) is 29.7 Å². The number of nitrogens with two attached hydrogens (primary N) is 1. The molecule has 0 atom stereocenters. The summed E-state index contributed by atoms with van der Waals surface area (Å²) in [5.41, 5.74) is 4.91. The summed E-state index contributed by atoms with van der Waals surface area (Å²) in [5, 5.41) is 12.8. The van der Waals surface area contributed by atoms with Crippen molar-refractivity contribution in [2.75, 3.05) is 0 Å². The van der Waals surface area contributed by atoms with Gasteiger partial charge in [-0.3, -0.25) is 0 Å². The van der Waals surface area contributed by atoms with Crippen LogP contribution in [0, 0.1) is 11.6 Å². The first kappa shape index (κ1) is 10.5. The molecular formula is C9H7F2N3O2. The van der Waals surface area contributed by atoms with Gasteiger partial charge in [-0.1, -0.05) is 5.16 Å². The largest absolute Gasteiger partial charge is 0.507 e. The predicted molar refractivity (Wildman–Crippen MR) is 49.2 cm³/mol. The van der Waals surface area contributed by atoms with Gasteiger partial charge in [0.2, 0.25) is 11.7 Å². The van der Waals surface area contributed by atoms with Gasteiger partial charge >= 0.3 is 0 Å². The monoisotopic (exact) mass is 227 g/mol. The van der Waals surface area contributed by atoms with E-state index in [1.54, 1.807) is 0 Å². The van der Waals surface area contributed by atoms with E-state index < -0.39 is 17.4 Å². The van der Waals surface area contributed by atoms with Crippen molar-refractivity contribution in [3.63, 3.8) is 0 Å². The minimum absolute atomic E-state index is 0.00340. The van der Waals surface area contributed by atoms with Crippen LogP contribution in [0.4, 0.5) is 8.78 Å². The summed E-state index contributed by atoms with van der Waals surface area (Å²) in [6, 6.07) is 1.38. The van der Waals surface area contributed by atoms with E-state index in [4.69, 9.17) is 5.73 Å². The molecule has 3 N–H and O–H groups in total. The van der Waals surface area contributed by atoms with Crippen molar-refractivity contribution in [3.8, 4) is 17.1 Å². The van der Waals surface area contributed by atoms with Gasteiger partial charge in [0.1, 0.15) is 22.9 Å². The molecule has 1 aromatic carbocycles. The third-order valence-electron chi connectivity index (χ3n) is 1.90. The highest BCUT2D eigenvalue weighted by Gasteiger charge is 2.18. The molecule has 2 rings (SSSR count). The zero-order valence-electron chi connectivity index (χ0n) is 7.94. The van der Waals surface area contributed by atoms with Gasteiger partial charge < -0.3 is 15.4 Å². The Morgan fingerprint density at radius 1 is 1.38 bits per heavy atom. The summed E-state index contributed by atoms with van der Waals surface area (Å²) in [5.74, 6) is -2.53. The van der Waals surface area contributed by atoms with E-state index in [0.717, 1.165) is 6.07 Å². The molecule has 1 heterocycles. The maximum atomic E-state index is 13.4. The summed E-state index contributed by atoms with van der Waals surface area (Å²) in [6.45, 7) is -0.00340. The third-order valence-corrected chi connectivity index (χ3v) is 1.90. The Bertz CT molecular complexity index is 504. The molecular weight excluding hydrogens is 220 g/mol. The number of halogens is 2. The quantitative estimate of drug-likeness (QED) is 0.804. The minimum atomic E-state index is -0.970. The fourth-order valence-corrected chi connectivity index (χ4v) is 1.22. The molecule has 0 saturated heterocycles. The molecule has 0 unspecified atom stereocenters. The van der Waals surface area contributed by atoms with Crippen molar-refractivity contribution in [1.82, 2.24) is 10.1 Å². The number of hydrogen-bond acceptors (Lipinski definition) is 5. The fraction of sp³-hybridized carbons (Fsp3) is 0.111. The first-order valence-corrected chi connectivity index (χ1v) is 4.33. The lowest BCUT2D eigenvalue weighted by molar-refractivity contribution is 0.380. The van der Waals surface area contributed by atoms with Crippen LogP contribution in [0.2, 0.25) is 0 Å². The predicted octanol–water partition coefficient (Wildman–Crippen LogP) is 1.18. The van der Waals surface area contributed by atoms with Crippen LogP contribution in [0.5, 0.6) is 5.75 Å². The van der Waals surface area contributed by atoms with E-state index in [1.807, 2.05) is 0 Å². The second kappa shape index (κ2) is 3.86. The van der Waals surface area contributed by atoms with Crippen LogP contribution >= 0.6 is 0 Å². The number of aromatic hydroxyl groups is 1. The Balaban J connectivity index is 2.55. The minimum Gasteiger partial charge on any atom is -0.507 e. The Morgan fingerprint density at radius 3 is 2.69 bits per heavy atom. The van der Waals surface area contributed by atoms with Gasteiger partial charge in [0.15, 0.2) is 0 Å². The summed E-state index contributed by atoms with van der Waals surface area (Å²) >= 11 is 0. The Kier molecular flexibility index (Phi) is 2.53. The Labute approximate surface area is 88.5 Å². The smallest absolute Gasteiger partial charge is 0.240 e. The zero-order valence-corrected chi connectivity index (χ0v) is 7.94. The summed E-state index contributed by atoms with van der Waals surface area (Å²) < 4.78 is 30.7. The lowest BCUT2D eigenvalue weighted by Crippen LogP contribution is -1.96. The maximum Gasteiger partial charge on any atom is 0.240 e. The fourth-order valence-electron chi connectivity index (χ4n) is 1.22. The number of hydrogen-bond donors (Lipinski definition) is 2. The van der Waals surface area contributed by atoms with E-state index in [2.05, 4.69) is 14.7 Å². The second-order valence-corrected chi connectivity index (χ2v) is 3.00. The average molecular weight is 227 g/mol. The van der Waals surface area contributed by atoms with Crippen LogP contribution in [-0.4, -0.2) is 15.2 Å². The van der Waals surface area contributed by atoms with Crippen LogP contribution in [-0.2, 0) is 6.54 Å². The number of rotatable bonds is 2. The molecule has 7 heteroatoms. The van der Waals surface area contributed by atoms with Crippen molar-refractivity contribution in [2.45, 2.75) is 6.54 Å². The third kappa shape index (κ3) is 1.72. The molecule has 2 aromatic rings. The Hall–Kier alpha value is -2.02. The summed E-state index contributed by atoms with van der Waals surface area (Å²) in [4.78, 5) is 3.73. The lowest BCUT2D eigenvalue weighted by Gasteiger charge is -2.01. The molecule has 0 spiro atoms. The van der Waals surface area contributed by atoms with Crippen molar-refractivity contribution < 1.29 is 18.4 Å². The molecule has 0 fully saturated rings. The summed E-state index contributed by atoms with van der Waals surface area (Å²) in [6.07, 6.45) is 0. The van der Waals surface area contributed by atoms with Crippen LogP contribution < -0.4 is 5.73 Å². The molecule has 84 valence electrons. The number of benzene rings is 1. The van der Waals surface area contributed by atoms with Gasteiger partial charge in [-0.15, -0.1) is 0 Å². The van der Waals surface area contributed by atoms with E-state index in [1.165, 1.54) is 0 Å². The molecule has 0 aliphatic heterocycles. The van der Waals surface area contributed by atoms with E-state index in [0.29, 0.717) is 6.07 Å². The van der Waals surface area contributed by atoms with Crippen molar-refractivity contribution in [1.29, 1.82) is 0 Å². The van der Waals surface area contributed by atoms with E-state index in [-0.39, 0.29) is 23.8 Å². The van der Waals surface area contributed by atoms with Crippen LogP contribution in [0.15, 0.2) is 16.7 Å². The van der Waals surface area contributed by atoms with Crippen LogP contribution in [0.3, 0.4) is 0 Å². The highest BCUT2D eigenvalue weighted by atomic mass is 19.1. The zero-order chi connectivity index (χ0) is 11.7. The highest BCUT2D eigenvalue weighted by Crippen LogP contribution is 2.30. The Morgan fingerprint density at radius 2 is 2.12 bits per heavy atom. The van der Waals surface area contributed by atoms with Gasteiger partial charge in [-0.25, -0.2) is 8.78 Å². The first-order chi connectivity index (χ1) is 7.61. The van der Waals surface area contributed by atoms with Crippen LogP contribution in [0.1, 0.15) is 5.89 Å². The molecule has 0 amide bonds. The molecule has 0 saturated carbocycles. The van der Waals surface area contributed by atoms with Gasteiger partial charge in [-0.2, -0.15) is 4.98 Å². The second-order valence-electron chi connectivity index (χ2n) is 3.00. The number of aromatic nitrogens is 2. The number of phenols is 1. The molecule has 0 aliphatic carbocycles. The SMILES string of the molecule is NCc1nc(-c2c(O)cc(F)cc2F)no1. The molecule has 0 radical (unpaired) electrons. The highest BCUT2D eigenvalue weighted by molar-refractivity contribution is 5.63. The molecule has 0 bridgehead atoms. The van der Waals surface area contributed by atoms with E-state index >= 15 is 0 Å². The summed E-state index contributed by atoms with van der Waals surface area (Å²) in [7, 11) is 0. The van der Waals surface area contributed by atoms with E-state index in [9.17, 15) is 13.9 Å². The first-order valence-electron chi connectivity index (χ1n) is 4.33. The standard InChI is InChI=1S/C9H7F2N3O2/c10-4-1-5(11)8(6(15)2-4)9-13-7(3-12)16-14-9/h1-2,15H,3,12H2. The van der Waals surface area contributed by atoms with Crippen LogP contribution in [0.25, 0.3) is 11.4 Å². The van der Waals surface area contributed by atoms with Gasteiger partial charge in [-0.05, 0) is 0 Å². The van der Waals surface area contributed by atoms with Gasteiger partial charge in [0.05, 0.1) is 6.54 Å². The lowest BCUT2D eigenvalue weighted by atomic mass is 10.1. The van der Waals surface area contributed by atoms with Gasteiger partial charge in [0, 0.05) is 12.1 Å². The molecule has 16 heavy (non-hydrogen) atoms. The molecule has 0 aliphatic rings. The number of phenolic OH excluding ortho intramolecular Hbond substituents is 1. The van der Waals surface area contributed by atoms with Gasteiger partial charge in [0.25, 0.3) is 0 Å². The van der Waals surface area contributed by atoms with Crippen molar-refractivity contribution >= 4 is 0 Å². The topological polar surface area (TPSA) is 85.2 Å². The normalized spacial score (nSPS) is 10.7. The number of nitrogens with zero attached hydrogens (tertiary/aromatic N) is 2. The van der Waals surface area contributed by atoms with Crippen molar-refractivity contribution in [2.24, 2.45) is 5.73 Å². The average Bonchev–Trinajstić information content (AvgIpc) is 2.64.